The molecule has 0 aliphatic heterocycles. The molecule has 0 aliphatic rings. The first-order valence-electron chi connectivity index (χ1n) is 5.73. The van der Waals surface area contributed by atoms with Gasteiger partial charge in [0, 0.05) is 4.90 Å². The summed E-state index contributed by atoms with van der Waals surface area (Å²) in [5.74, 6) is 5.27. The van der Waals surface area contributed by atoms with Crippen LogP contribution in [0.25, 0.3) is 0 Å². The first kappa shape index (κ1) is 14.6. The van der Waals surface area contributed by atoms with E-state index in [-0.39, 0.29) is 16.6 Å². The van der Waals surface area contributed by atoms with Crippen LogP contribution >= 0.6 is 23.4 Å². The third kappa shape index (κ3) is 3.22. The molecule has 0 saturated heterocycles. The second-order valence-electron chi connectivity index (χ2n) is 3.83. The van der Waals surface area contributed by atoms with Crippen molar-refractivity contribution < 1.29 is 4.79 Å². The van der Waals surface area contributed by atoms with E-state index in [1.807, 2.05) is 30.5 Å². The third-order valence-corrected chi connectivity index (χ3v) is 3.66. The number of anilines is 2. The van der Waals surface area contributed by atoms with E-state index in [9.17, 15) is 4.79 Å². The lowest BCUT2D eigenvalue weighted by molar-refractivity contribution is 0.102. The molecule has 7 heteroatoms. The van der Waals surface area contributed by atoms with Crippen molar-refractivity contribution in [3.8, 4) is 0 Å². The van der Waals surface area contributed by atoms with Crippen LogP contribution in [-0.4, -0.2) is 17.1 Å². The Balaban J connectivity index is 2.28. The summed E-state index contributed by atoms with van der Waals surface area (Å²) in [5.41, 5.74) is 3.22. The molecule has 0 radical (unpaired) electrons. The highest BCUT2D eigenvalue weighted by Crippen LogP contribution is 2.26. The number of thioether (sulfide) groups is 1. The van der Waals surface area contributed by atoms with Crippen LogP contribution in [0.5, 0.6) is 0 Å². The summed E-state index contributed by atoms with van der Waals surface area (Å²) >= 11 is 7.53. The standard InChI is InChI=1S/C13H13ClN4OS/c1-20-10-5-3-2-4-9(10)16-13(19)12-8(14)6-7-11(17-12)18-15/h2-7H,15H2,1H3,(H,16,19)(H,17,18). The first-order valence-corrected chi connectivity index (χ1v) is 7.33. The highest BCUT2D eigenvalue weighted by atomic mass is 35.5. The summed E-state index contributed by atoms with van der Waals surface area (Å²) in [7, 11) is 0. The Labute approximate surface area is 125 Å². The molecule has 0 bridgehead atoms. The molecule has 2 aromatic rings. The molecule has 0 unspecified atom stereocenters. The number of carbonyl (C=O) groups excluding carboxylic acids is 1. The second kappa shape index (κ2) is 6.60. The Bertz CT molecular complexity index is 636. The fraction of sp³-hybridized carbons (Fsp3) is 0.0769. The maximum Gasteiger partial charge on any atom is 0.275 e. The number of pyridine rings is 1. The zero-order valence-corrected chi connectivity index (χ0v) is 12.3. The van der Waals surface area contributed by atoms with Gasteiger partial charge in [-0.05, 0) is 30.5 Å². The average molecular weight is 309 g/mol. The maximum atomic E-state index is 12.2. The van der Waals surface area contributed by atoms with Gasteiger partial charge in [0.15, 0.2) is 0 Å². The van der Waals surface area contributed by atoms with Crippen LogP contribution in [0.15, 0.2) is 41.3 Å². The summed E-state index contributed by atoms with van der Waals surface area (Å²) in [6, 6.07) is 10.7. The largest absolute Gasteiger partial charge is 0.320 e. The van der Waals surface area contributed by atoms with E-state index in [2.05, 4.69) is 15.7 Å². The Morgan fingerprint density at radius 1 is 1.30 bits per heavy atom. The summed E-state index contributed by atoms with van der Waals surface area (Å²) in [4.78, 5) is 17.3. The number of para-hydroxylation sites is 1. The van der Waals surface area contributed by atoms with Crippen molar-refractivity contribution in [1.29, 1.82) is 0 Å². The van der Waals surface area contributed by atoms with Crippen molar-refractivity contribution in [2.75, 3.05) is 17.0 Å². The number of hydrogen-bond donors (Lipinski definition) is 3. The van der Waals surface area contributed by atoms with Crippen molar-refractivity contribution in [1.82, 2.24) is 4.98 Å². The van der Waals surface area contributed by atoms with E-state index < -0.39 is 0 Å². The molecule has 1 aromatic carbocycles. The number of nitrogens with zero attached hydrogens (tertiary/aromatic N) is 1. The third-order valence-electron chi connectivity index (χ3n) is 2.56. The van der Waals surface area contributed by atoms with Gasteiger partial charge in [-0.1, -0.05) is 23.7 Å². The molecule has 104 valence electrons. The molecule has 0 aliphatic carbocycles. The van der Waals surface area contributed by atoms with Gasteiger partial charge in [0.1, 0.15) is 11.5 Å². The Morgan fingerprint density at radius 2 is 2.05 bits per heavy atom. The van der Waals surface area contributed by atoms with Gasteiger partial charge in [-0.25, -0.2) is 10.8 Å². The molecule has 20 heavy (non-hydrogen) atoms. The average Bonchev–Trinajstić information content (AvgIpc) is 2.48. The topological polar surface area (TPSA) is 80.0 Å². The van der Waals surface area contributed by atoms with E-state index in [1.54, 1.807) is 23.9 Å². The minimum Gasteiger partial charge on any atom is -0.320 e. The molecule has 1 heterocycles. The van der Waals surface area contributed by atoms with Crippen LogP contribution in [0.2, 0.25) is 5.02 Å². The van der Waals surface area contributed by atoms with Gasteiger partial charge in [-0.15, -0.1) is 11.8 Å². The van der Waals surface area contributed by atoms with Gasteiger partial charge in [0.2, 0.25) is 0 Å². The molecule has 5 nitrogen and oxygen atoms in total. The van der Waals surface area contributed by atoms with Gasteiger partial charge in [-0.3, -0.25) is 4.79 Å². The normalized spacial score (nSPS) is 10.2. The van der Waals surface area contributed by atoms with Gasteiger partial charge in [-0.2, -0.15) is 0 Å². The minimum absolute atomic E-state index is 0.123. The van der Waals surface area contributed by atoms with Crippen LogP contribution in [0.3, 0.4) is 0 Å². The van der Waals surface area contributed by atoms with Crippen molar-refractivity contribution in [3.63, 3.8) is 0 Å². The van der Waals surface area contributed by atoms with Crippen LogP contribution in [-0.2, 0) is 0 Å². The van der Waals surface area contributed by atoms with Crippen molar-refractivity contribution in [2.45, 2.75) is 4.90 Å². The SMILES string of the molecule is CSc1ccccc1NC(=O)c1nc(NN)ccc1Cl. The second-order valence-corrected chi connectivity index (χ2v) is 5.08. The molecule has 0 saturated carbocycles. The van der Waals surface area contributed by atoms with E-state index in [0.29, 0.717) is 11.5 Å². The van der Waals surface area contributed by atoms with Gasteiger partial charge >= 0.3 is 0 Å². The Kier molecular flexibility index (Phi) is 4.84. The van der Waals surface area contributed by atoms with Gasteiger partial charge in [0.25, 0.3) is 5.91 Å². The summed E-state index contributed by atoms with van der Waals surface area (Å²) in [6.45, 7) is 0. The van der Waals surface area contributed by atoms with Crippen LogP contribution in [0, 0.1) is 0 Å². The predicted octanol–water partition coefficient (Wildman–Crippen LogP) is 2.99. The van der Waals surface area contributed by atoms with Crippen molar-refractivity contribution in [2.24, 2.45) is 5.84 Å². The number of nitrogen functional groups attached to an aromatic ring is 1. The highest BCUT2D eigenvalue weighted by molar-refractivity contribution is 7.98. The maximum absolute atomic E-state index is 12.2. The number of carbonyl (C=O) groups is 1. The molecule has 0 spiro atoms. The quantitative estimate of drug-likeness (QED) is 0.459. The fourth-order valence-electron chi connectivity index (χ4n) is 1.61. The summed E-state index contributed by atoms with van der Waals surface area (Å²) in [6.07, 6.45) is 1.94. The van der Waals surface area contributed by atoms with Crippen molar-refractivity contribution >= 4 is 40.8 Å². The first-order chi connectivity index (χ1) is 9.65. The molecular weight excluding hydrogens is 296 g/mol. The number of nitrogens with one attached hydrogen (secondary N) is 2. The van der Waals surface area contributed by atoms with Crippen LogP contribution < -0.4 is 16.6 Å². The number of amides is 1. The van der Waals surface area contributed by atoms with E-state index in [0.717, 1.165) is 4.90 Å². The lowest BCUT2D eigenvalue weighted by atomic mass is 10.3. The van der Waals surface area contributed by atoms with E-state index in [4.69, 9.17) is 17.4 Å². The van der Waals surface area contributed by atoms with E-state index >= 15 is 0 Å². The Morgan fingerprint density at radius 3 is 2.75 bits per heavy atom. The Hall–Kier alpha value is -1.76. The molecule has 1 aromatic heterocycles. The monoisotopic (exact) mass is 308 g/mol. The number of aromatic nitrogens is 1. The molecule has 0 fully saturated rings. The summed E-state index contributed by atoms with van der Waals surface area (Å²) in [5, 5.41) is 3.06. The number of halogens is 1. The predicted molar refractivity (Wildman–Crippen MR) is 83.2 cm³/mol. The lowest BCUT2D eigenvalue weighted by Gasteiger charge is -2.10. The number of benzene rings is 1. The number of hydrazine groups is 1. The molecule has 4 N–H and O–H groups in total. The fourth-order valence-corrected chi connectivity index (χ4v) is 2.36. The zero-order chi connectivity index (χ0) is 14.5. The molecule has 2 rings (SSSR count). The molecule has 0 atom stereocenters. The van der Waals surface area contributed by atoms with E-state index in [1.165, 1.54) is 0 Å². The van der Waals surface area contributed by atoms with Gasteiger partial charge in [0.05, 0.1) is 10.7 Å². The number of nitrogens with two attached hydrogens (primary N) is 1. The van der Waals surface area contributed by atoms with Crippen molar-refractivity contribution in [3.05, 3.63) is 47.1 Å². The smallest absolute Gasteiger partial charge is 0.275 e. The van der Waals surface area contributed by atoms with Crippen LogP contribution in [0.1, 0.15) is 10.5 Å². The molecule has 1 amide bonds. The minimum atomic E-state index is -0.381. The zero-order valence-electron chi connectivity index (χ0n) is 10.7. The lowest BCUT2D eigenvalue weighted by Crippen LogP contribution is -2.17. The molecular formula is C13H13ClN4OS. The summed E-state index contributed by atoms with van der Waals surface area (Å²) < 4.78 is 0. The van der Waals surface area contributed by atoms with Gasteiger partial charge < -0.3 is 10.7 Å². The van der Waals surface area contributed by atoms with Crippen LogP contribution in [0.4, 0.5) is 11.5 Å². The number of hydrogen-bond acceptors (Lipinski definition) is 5. The number of rotatable bonds is 4. The highest BCUT2D eigenvalue weighted by Gasteiger charge is 2.14.